The van der Waals surface area contributed by atoms with Gasteiger partial charge in [0, 0.05) is 28.6 Å². The number of nitro groups is 1. The summed E-state index contributed by atoms with van der Waals surface area (Å²) in [6, 6.07) is 11.2. The summed E-state index contributed by atoms with van der Waals surface area (Å²) in [4.78, 5) is 38.9. The SMILES string of the molecule is CC1=NC(=O)NC(c2cccc(Cl)c2)C1C(=O)Nc1cccc([N+](=O)[O-])c1. The Balaban J connectivity index is 1.92. The molecule has 138 valence electrons. The summed E-state index contributed by atoms with van der Waals surface area (Å²) < 4.78 is 0. The van der Waals surface area contributed by atoms with Crippen molar-refractivity contribution in [3.05, 3.63) is 69.2 Å². The van der Waals surface area contributed by atoms with E-state index in [9.17, 15) is 19.7 Å². The van der Waals surface area contributed by atoms with Crippen molar-refractivity contribution >= 4 is 40.6 Å². The molecule has 27 heavy (non-hydrogen) atoms. The lowest BCUT2D eigenvalue weighted by Crippen LogP contribution is -2.45. The fourth-order valence-electron chi connectivity index (χ4n) is 2.95. The molecule has 0 fully saturated rings. The van der Waals surface area contributed by atoms with Crippen LogP contribution in [0.3, 0.4) is 0 Å². The Kier molecular flexibility index (Phi) is 5.18. The van der Waals surface area contributed by atoms with E-state index >= 15 is 0 Å². The minimum atomic E-state index is -0.791. The summed E-state index contributed by atoms with van der Waals surface area (Å²) >= 11 is 6.03. The van der Waals surface area contributed by atoms with Crippen LogP contribution < -0.4 is 10.6 Å². The lowest BCUT2D eigenvalue weighted by Gasteiger charge is -2.30. The van der Waals surface area contributed by atoms with Crippen LogP contribution >= 0.6 is 11.6 Å². The van der Waals surface area contributed by atoms with E-state index < -0.39 is 28.8 Å². The number of nitrogens with zero attached hydrogens (tertiary/aromatic N) is 2. The van der Waals surface area contributed by atoms with Gasteiger partial charge in [0.05, 0.1) is 11.0 Å². The van der Waals surface area contributed by atoms with Gasteiger partial charge >= 0.3 is 6.03 Å². The standard InChI is InChI=1S/C18H15ClN4O4/c1-10-15(17(24)21-13-6-3-7-14(9-13)23(26)27)16(22-18(25)20-10)11-4-2-5-12(19)8-11/h2-9,15-16H,1H3,(H,21,24)(H,22,25). The van der Waals surface area contributed by atoms with Gasteiger partial charge in [-0.15, -0.1) is 0 Å². The number of anilines is 1. The van der Waals surface area contributed by atoms with Crippen LogP contribution in [0, 0.1) is 16.0 Å². The molecule has 2 N–H and O–H groups in total. The first-order chi connectivity index (χ1) is 12.8. The van der Waals surface area contributed by atoms with Crippen LogP contribution in [0.2, 0.25) is 5.02 Å². The highest BCUT2D eigenvalue weighted by Gasteiger charge is 2.37. The molecule has 0 saturated carbocycles. The van der Waals surface area contributed by atoms with E-state index in [4.69, 9.17) is 11.6 Å². The normalized spacial score (nSPS) is 19.0. The Morgan fingerprint density at radius 3 is 2.70 bits per heavy atom. The maximum absolute atomic E-state index is 12.9. The quantitative estimate of drug-likeness (QED) is 0.615. The van der Waals surface area contributed by atoms with E-state index in [1.54, 1.807) is 37.3 Å². The van der Waals surface area contributed by atoms with Gasteiger partial charge in [0.2, 0.25) is 5.91 Å². The maximum atomic E-state index is 12.9. The average molecular weight is 387 g/mol. The van der Waals surface area contributed by atoms with Crippen molar-refractivity contribution in [2.75, 3.05) is 5.32 Å². The first kappa shape index (κ1) is 18.5. The van der Waals surface area contributed by atoms with Crippen LogP contribution in [-0.2, 0) is 4.79 Å². The average Bonchev–Trinajstić information content (AvgIpc) is 2.61. The number of hydrogen-bond donors (Lipinski definition) is 2. The van der Waals surface area contributed by atoms with Crippen molar-refractivity contribution in [1.29, 1.82) is 0 Å². The number of rotatable bonds is 4. The van der Waals surface area contributed by atoms with Gasteiger partial charge in [0.25, 0.3) is 5.69 Å². The Morgan fingerprint density at radius 2 is 2.00 bits per heavy atom. The van der Waals surface area contributed by atoms with Gasteiger partial charge in [-0.1, -0.05) is 29.8 Å². The number of urea groups is 1. The van der Waals surface area contributed by atoms with E-state index in [1.165, 1.54) is 18.2 Å². The number of benzene rings is 2. The smallest absolute Gasteiger partial charge is 0.328 e. The third-order valence-electron chi connectivity index (χ3n) is 4.16. The van der Waals surface area contributed by atoms with Crippen molar-refractivity contribution in [2.24, 2.45) is 10.9 Å². The van der Waals surface area contributed by atoms with E-state index in [0.29, 0.717) is 16.3 Å². The van der Waals surface area contributed by atoms with Crippen molar-refractivity contribution in [2.45, 2.75) is 13.0 Å². The third-order valence-corrected chi connectivity index (χ3v) is 4.39. The van der Waals surface area contributed by atoms with Gasteiger partial charge in [0.15, 0.2) is 0 Å². The van der Waals surface area contributed by atoms with Crippen LogP contribution in [0.25, 0.3) is 0 Å². The van der Waals surface area contributed by atoms with Gasteiger partial charge in [0.1, 0.15) is 5.92 Å². The van der Waals surface area contributed by atoms with E-state index in [2.05, 4.69) is 15.6 Å². The number of hydrogen-bond acceptors (Lipinski definition) is 4. The molecule has 1 heterocycles. The Bertz CT molecular complexity index is 960. The predicted molar refractivity (Wildman–Crippen MR) is 101 cm³/mol. The Hall–Kier alpha value is -3.26. The molecule has 2 aromatic rings. The van der Waals surface area contributed by atoms with Crippen LogP contribution in [0.5, 0.6) is 0 Å². The summed E-state index contributed by atoms with van der Waals surface area (Å²) in [6.45, 7) is 1.59. The van der Waals surface area contributed by atoms with E-state index in [0.717, 1.165) is 0 Å². The summed E-state index contributed by atoms with van der Waals surface area (Å²) in [5, 5.41) is 16.7. The zero-order chi connectivity index (χ0) is 19.6. The molecule has 1 aliphatic rings. The minimum absolute atomic E-state index is 0.137. The Labute approximate surface area is 159 Å². The molecule has 0 saturated heterocycles. The second-order valence-corrected chi connectivity index (χ2v) is 6.45. The van der Waals surface area contributed by atoms with Crippen LogP contribution in [0.15, 0.2) is 53.5 Å². The highest BCUT2D eigenvalue weighted by Crippen LogP contribution is 2.30. The lowest BCUT2D eigenvalue weighted by molar-refractivity contribution is -0.384. The number of halogens is 1. The maximum Gasteiger partial charge on any atom is 0.341 e. The zero-order valence-corrected chi connectivity index (χ0v) is 14.9. The molecule has 3 amide bonds. The first-order valence-electron chi connectivity index (χ1n) is 8.01. The largest absolute Gasteiger partial charge is 0.341 e. The topological polar surface area (TPSA) is 114 Å². The number of amides is 3. The summed E-state index contributed by atoms with van der Waals surface area (Å²) in [5.74, 6) is -1.23. The second-order valence-electron chi connectivity index (χ2n) is 6.01. The molecule has 1 aliphatic heterocycles. The number of nitro benzene ring substituents is 1. The van der Waals surface area contributed by atoms with Gasteiger partial charge in [-0.2, -0.15) is 0 Å². The van der Waals surface area contributed by atoms with E-state index in [1.807, 2.05) is 0 Å². The Morgan fingerprint density at radius 1 is 1.26 bits per heavy atom. The highest BCUT2D eigenvalue weighted by atomic mass is 35.5. The molecule has 0 spiro atoms. The molecule has 9 heteroatoms. The fraction of sp³-hybridized carbons (Fsp3) is 0.167. The first-order valence-corrected chi connectivity index (χ1v) is 8.39. The molecule has 8 nitrogen and oxygen atoms in total. The van der Waals surface area contributed by atoms with Crippen LogP contribution in [0.4, 0.5) is 16.2 Å². The molecule has 0 aliphatic carbocycles. The van der Waals surface area contributed by atoms with Gasteiger partial charge in [-0.3, -0.25) is 14.9 Å². The molecular weight excluding hydrogens is 372 g/mol. The predicted octanol–water partition coefficient (Wildman–Crippen LogP) is 3.73. The number of carbonyl (C=O) groups excluding carboxylic acids is 2. The number of carbonyl (C=O) groups is 2. The van der Waals surface area contributed by atoms with Crippen molar-refractivity contribution in [3.63, 3.8) is 0 Å². The number of aliphatic imine (C=N–C) groups is 1. The van der Waals surface area contributed by atoms with Crippen molar-refractivity contribution in [3.8, 4) is 0 Å². The molecule has 2 aromatic carbocycles. The zero-order valence-electron chi connectivity index (χ0n) is 14.2. The number of nitrogens with one attached hydrogen (secondary N) is 2. The summed E-state index contributed by atoms with van der Waals surface area (Å²) in [6.07, 6.45) is 0. The molecule has 0 bridgehead atoms. The molecule has 0 aromatic heterocycles. The number of non-ortho nitro benzene ring substituents is 1. The van der Waals surface area contributed by atoms with Crippen molar-refractivity contribution in [1.82, 2.24) is 5.32 Å². The molecule has 3 rings (SSSR count). The van der Waals surface area contributed by atoms with Gasteiger partial charge in [-0.05, 0) is 30.7 Å². The highest BCUT2D eigenvalue weighted by molar-refractivity contribution is 6.30. The van der Waals surface area contributed by atoms with Crippen LogP contribution in [0.1, 0.15) is 18.5 Å². The second kappa shape index (κ2) is 7.55. The molecule has 2 unspecified atom stereocenters. The van der Waals surface area contributed by atoms with E-state index in [-0.39, 0.29) is 11.4 Å². The van der Waals surface area contributed by atoms with Crippen LogP contribution in [-0.4, -0.2) is 22.6 Å². The molecular formula is C18H15ClN4O4. The van der Waals surface area contributed by atoms with Gasteiger partial charge in [-0.25, -0.2) is 9.79 Å². The molecule has 2 atom stereocenters. The monoisotopic (exact) mass is 386 g/mol. The third kappa shape index (κ3) is 4.12. The van der Waals surface area contributed by atoms with Gasteiger partial charge < -0.3 is 10.6 Å². The lowest BCUT2D eigenvalue weighted by atomic mass is 9.87. The fourth-order valence-corrected chi connectivity index (χ4v) is 3.15. The minimum Gasteiger partial charge on any atom is -0.328 e. The summed E-state index contributed by atoms with van der Waals surface area (Å²) in [5.41, 5.74) is 1.14. The van der Waals surface area contributed by atoms with Crippen molar-refractivity contribution < 1.29 is 14.5 Å². The molecule has 0 radical (unpaired) electrons. The summed E-state index contributed by atoms with van der Waals surface area (Å²) in [7, 11) is 0.